The zero-order valence-corrected chi connectivity index (χ0v) is 8.55. The molecule has 0 aromatic rings. The first-order chi connectivity index (χ1) is 7.04. The van der Waals surface area contributed by atoms with Crippen LogP contribution < -0.4 is 0 Å². The lowest BCUT2D eigenvalue weighted by molar-refractivity contribution is -0.164. The Labute approximate surface area is 87.5 Å². The minimum Gasteiger partial charge on any atom is -0.396 e. The molecule has 0 fully saturated rings. The number of hydrogen-bond donors (Lipinski definition) is 3. The molecule has 0 spiro atoms. The van der Waals surface area contributed by atoms with Crippen LogP contribution in [-0.4, -0.2) is 47.1 Å². The first-order valence-electron chi connectivity index (χ1n) is 4.62. The van der Waals surface area contributed by atoms with Crippen molar-refractivity contribution in [2.24, 2.45) is 11.8 Å². The summed E-state index contributed by atoms with van der Waals surface area (Å²) >= 11 is 0. The lowest BCUT2D eigenvalue weighted by Crippen LogP contribution is -2.24. The summed E-state index contributed by atoms with van der Waals surface area (Å²) < 4.78 is 4.38. The maximum atomic E-state index is 11.1. The quantitative estimate of drug-likeness (QED) is 0.378. The average Bonchev–Trinajstić information content (AvgIpc) is 2.24. The van der Waals surface area contributed by atoms with Crippen LogP contribution in [-0.2, 0) is 14.3 Å². The molecule has 3 N–H and O–H groups in total. The summed E-state index contributed by atoms with van der Waals surface area (Å²) in [6, 6.07) is 0. The Kier molecular flexibility index (Phi) is 6.85. The smallest absolute Gasteiger partial charge is 0.318 e. The predicted octanol–water partition coefficient (Wildman–Crippen LogP) is -1.32. The standard InChI is InChI=1S/C9H16O6/c1-6(3-10)9(14)15-8(13)2-7(4-11)5-12/h6-7,10-12H,2-5H2,1H3. The van der Waals surface area contributed by atoms with Crippen LogP contribution in [0.1, 0.15) is 13.3 Å². The minimum atomic E-state index is -0.812. The SMILES string of the molecule is CC(CO)C(=O)OC(=O)CC(CO)CO. The van der Waals surface area contributed by atoms with Gasteiger partial charge in [-0.1, -0.05) is 0 Å². The van der Waals surface area contributed by atoms with E-state index in [9.17, 15) is 9.59 Å². The van der Waals surface area contributed by atoms with Crippen LogP contribution in [0.4, 0.5) is 0 Å². The van der Waals surface area contributed by atoms with Crippen molar-refractivity contribution in [1.82, 2.24) is 0 Å². The van der Waals surface area contributed by atoms with Crippen LogP contribution in [0.3, 0.4) is 0 Å². The van der Waals surface area contributed by atoms with Crippen molar-refractivity contribution in [3.05, 3.63) is 0 Å². The molecule has 6 nitrogen and oxygen atoms in total. The van der Waals surface area contributed by atoms with Gasteiger partial charge in [0.2, 0.25) is 0 Å². The van der Waals surface area contributed by atoms with E-state index in [2.05, 4.69) is 4.74 Å². The molecule has 88 valence electrons. The highest BCUT2D eigenvalue weighted by atomic mass is 16.6. The van der Waals surface area contributed by atoms with Gasteiger partial charge in [-0.15, -0.1) is 0 Å². The van der Waals surface area contributed by atoms with Crippen LogP contribution in [0.5, 0.6) is 0 Å². The van der Waals surface area contributed by atoms with Gasteiger partial charge in [0.15, 0.2) is 0 Å². The predicted molar refractivity (Wildman–Crippen MR) is 49.6 cm³/mol. The minimum absolute atomic E-state index is 0.225. The maximum absolute atomic E-state index is 11.1. The molecule has 0 aliphatic carbocycles. The molecule has 0 aromatic carbocycles. The normalized spacial score (nSPS) is 12.6. The number of aliphatic hydroxyl groups is 3. The van der Waals surface area contributed by atoms with Gasteiger partial charge in [-0.2, -0.15) is 0 Å². The highest BCUT2D eigenvalue weighted by Gasteiger charge is 2.20. The van der Waals surface area contributed by atoms with Gasteiger partial charge < -0.3 is 20.1 Å². The first-order valence-corrected chi connectivity index (χ1v) is 4.62. The number of aliphatic hydroxyl groups excluding tert-OH is 3. The molecule has 15 heavy (non-hydrogen) atoms. The van der Waals surface area contributed by atoms with E-state index in [4.69, 9.17) is 15.3 Å². The third kappa shape index (κ3) is 5.46. The number of esters is 2. The molecule has 0 aromatic heterocycles. The van der Waals surface area contributed by atoms with Crippen LogP contribution in [0.2, 0.25) is 0 Å². The second-order valence-corrected chi connectivity index (χ2v) is 3.31. The summed E-state index contributed by atoms with van der Waals surface area (Å²) in [7, 11) is 0. The zero-order valence-electron chi connectivity index (χ0n) is 8.55. The van der Waals surface area contributed by atoms with E-state index in [-0.39, 0.29) is 19.6 Å². The van der Waals surface area contributed by atoms with Gasteiger partial charge in [0.05, 0.1) is 18.9 Å². The zero-order chi connectivity index (χ0) is 11.8. The van der Waals surface area contributed by atoms with Gasteiger partial charge in [0.25, 0.3) is 0 Å². The third-order valence-corrected chi connectivity index (χ3v) is 1.86. The fraction of sp³-hybridized carbons (Fsp3) is 0.778. The molecule has 0 radical (unpaired) electrons. The molecular formula is C9H16O6. The van der Waals surface area contributed by atoms with Crippen molar-refractivity contribution in [2.75, 3.05) is 19.8 Å². The van der Waals surface area contributed by atoms with E-state index in [1.54, 1.807) is 0 Å². The summed E-state index contributed by atoms with van der Waals surface area (Å²) in [4.78, 5) is 22.1. The fourth-order valence-electron chi connectivity index (χ4n) is 0.752. The Morgan fingerprint density at radius 2 is 1.67 bits per heavy atom. The second-order valence-electron chi connectivity index (χ2n) is 3.31. The summed E-state index contributed by atoms with van der Waals surface area (Å²) in [5, 5.41) is 25.9. The van der Waals surface area contributed by atoms with E-state index < -0.39 is 30.4 Å². The molecule has 1 unspecified atom stereocenters. The van der Waals surface area contributed by atoms with Gasteiger partial charge in [-0.05, 0) is 6.92 Å². The number of ether oxygens (including phenoxy) is 1. The largest absolute Gasteiger partial charge is 0.396 e. The van der Waals surface area contributed by atoms with Gasteiger partial charge in [-0.25, -0.2) is 0 Å². The van der Waals surface area contributed by atoms with Crippen molar-refractivity contribution >= 4 is 11.9 Å². The summed E-state index contributed by atoms with van der Waals surface area (Å²) in [6.45, 7) is 0.325. The summed E-state index contributed by atoms with van der Waals surface area (Å²) in [6.07, 6.45) is -0.225. The Bertz CT molecular complexity index is 211. The molecule has 0 heterocycles. The third-order valence-electron chi connectivity index (χ3n) is 1.86. The average molecular weight is 220 g/mol. The van der Waals surface area contributed by atoms with E-state index in [1.165, 1.54) is 6.92 Å². The first kappa shape index (κ1) is 14.0. The Morgan fingerprint density at radius 1 is 1.13 bits per heavy atom. The van der Waals surface area contributed by atoms with Crippen LogP contribution in [0.15, 0.2) is 0 Å². The van der Waals surface area contributed by atoms with Crippen molar-refractivity contribution in [1.29, 1.82) is 0 Å². The highest BCUT2D eigenvalue weighted by molar-refractivity contribution is 5.86. The summed E-state index contributed by atoms with van der Waals surface area (Å²) in [5.41, 5.74) is 0. The van der Waals surface area contributed by atoms with Crippen LogP contribution >= 0.6 is 0 Å². The lowest BCUT2D eigenvalue weighted by atomic mass is 10.1. The summed E-state index contributed by atoms with van der Waals surface area (Å²) in [5.74, 6) is -2.99. The van der Waals surface area contributed by atoms with Gasteiger partial charge in [-0.3, -0.25) is 9.59 Å². The molecule has 0 saturated heterocycles. The van der Waals surface area contributed by atoms with Crippen molar-refractivity contribution in [3.8, 4) is 0 Å². The van der Waals surface area contributed by atoms with E-state index >= 15 is 0 Å². The van der Waals surface area contributed by atoms with Gasteiger partial charge >= 0.3 is 11.9 Å². The molecule has 0 bridgehead atoms. The monoisotopic (exact) mass is 220 g/mol. The Morgan fingerprint density at radius 3 is 2.07 bits per heavy atom. The molecule has 1 atom stereocenters. The number of carbonyl (C=O) groups is 2. The molecule has 0 amide bonds. The van der Waals surface area contributed by atoms with E-state index in [0.717, 1.165) is 0 Å². The van der Waals surface area contributed by atoms with E-state index in [1.807, 2.05) is 0 Å². The van der Waals surface area contributed by atoms with Crippen molar-refractivity contribution in [3.63, 3.8) is 0 Å². The Balaban J connectivity index is 3.97. The van der Waals surface area contributed by atoms with E-state index in [0.29, 0.717) is 0 Å². The van der Waals surface area contributed by atoms with Crippen LogP contribution in [0, 0.1) is 11.8 Å². The number of hydrogen-bond acceptors (Lipinski definition) is 6. The number of carbonyl (C=O) groups excluding carboxylic acids is 2. The number of rotatable bonds is 6. The van der Waals surface area contributed by atoms with Crippen LogP contribution in [0.25, 0.3) is 0 Å². The molecule has 0 saturated carbocycles. The molecule has 0 aliphatic heterocycles. The van der Waals surface area contributed by atoms with Gasteiger partial charge in [0.1, 0.15) is 0 Å². The second kappa shape index (κ2) is 7.33. The molecule has 0 aliphatic rings. The molecule has 6 heteroatoms. The van der Waals surface area contributed by atoms with Gasteiger partial charge in [0, 0.05) is 19.1 Å². The lowest BCUT2D eigenvalue weighted by Gasteiger charge is -2.10. The molecule has 0 rings (SSSR count). The highest BCUT2D eigenvalue weighted by Crippen LogP contribution is 2.05. The topological polar surface area (TPSA) is 104 Å². The Hall–Kier alpha value is -0.980. The van der Waals surface area contributed by atoms with Crippen molar-refractivity contribution in [2.45, 2.75) is 13.3 Å². The fourth-order valence-corrected chi connectivity index (χ4v) is 0.752. The molecular weight excluding hydrogens is 204 g/mol. The maximum Gasteiger partial charge on any atom is 0.318 e. The van der Waals surface area contributed by atoms with Crippen molar-refractivity contribution < 1.29 is 29.6 Å².